The quantitative estimate of drug-likeness (QED) is 0.818. The molecule has 2 N–H and O–H groups in total. The van der Waals surface area contributed by atoms with Crippen LogP contribution in [0.15, 0.2) is 18.3 Å². The van der Waals surface area contributed by atoms with E-state index in [1.165, 1.54) is 0 Å². The zero-order valence-electron chi connectivity index (χ0n) is 10.3. The molecule has 1 aromatic heterocycles. The molecule has 1 amide bonds. The van der Waals surface area contributed by atoms with Gasteiger partial charge in [0.1, 0.15) is 5.69 Å². The second-order valence-electron chi connectivity index (χ2n) is 4.37. The van der Waals surface area contributed by atoms with Crippen LogP contribution >= 0.6 is 0 Å². The van der Waals surface area contributed by atoms with E-state index in [-0.39, 0.29) is 11.4 Å². The predicted molar refractivity (Wildman–Crippen MR) is 65.6 cm³/mol. The molecule has 0 saturated heterocycles. The molecule has 0 aliphatic heterocycles. The fourth-order valence-electron chi connectivity index (χ4n) is 1.17. The van der Waals surface area contributed by atoms with Crippen LogP contribution in [-0.2, 0) is 0 Å². The fourth-order valence-corrected chi connectivity index (χ4v) is 1.17. The Bertz CT molecular complexity index is 374. The van der Waals surface area contributed by atoms with Crippen molar-refractivity contribution in [3.63, 3.8) is 0 Å². The average Bonchev–Trinajstić information content (AvgIpc) is 2.28. The van der Waals surface area contributed by atoms with Gasteiger partial charge in [-0.3, -0.25) is 9.78 Å². The van der Waals surface area contributed by atoms with Crippen LogP contribution in [-0.4, -0.2) is 23.5 Å². The summed E-state index contributed by atoms with van der Waals surface area (Å²) in [5, 5.41) is 5.92. The number of amides is 1. The first-order valence-corrected chi connectivity index (χ1v) is 5.45. The van der Waals surface area contributed by atoms with Gasteiger partial charge in [0, 0.05) is 24.5 Å². The lowest BCUT2D eigenvalue weighted by atomic mass is 10.0. The molecule has 0 radical (unpaired) electrons. The highest BCUT2D eigenvalue weighted by Gasteiger charge is 2.19. The van der Waals surface area contributed by atoms with Gasteiger partial charge in [-0.05, 0) is 32.4 Å². The highest BCUT2D eigenvalue weighted by atomic mass is 16.2. The lowest BCUT2D eigenvalue weighted by molar-refractivity contribution is 0.0906. The molecule has 0 spiro atoms. The zero-order valence-corrected chi connectivity index (χ0v) is 10.3. The number of anilines is 1. The van der Waals surface area contributed by atoms with Crippen LogP contribution in [0.5, 0.6) is 0 Å². The zero-order chi connectivity index (χ0) is 12.2. The van der Waals surface area contributed by atoms with E-state index in [9.17, 15) is 4.79 Å². The van der Waals surface area contributed by atoms with Crippen LogP contribution in [0, 0.1) is 0 Å². The van der Waals surface area contributed by atoms with E-state index in [1.807, 2.05) is 33.9 Å². The minimum atomic E-state index is -0.200. The van der Waals surface area contributed by atoms with E-state index in [0.717, 1.165) is 12.1 Å². The highest BCUT2D eigenvalue weighted by Crippen LogP contribution is 2.10. The van der Waals surface area contributed by atoms with E-state index in [0.29, 0.717) is 5.69 Å². The van der Waals surface area contributed by atoms with Gasteiger partial charge in [0.25, 0.3) is 5.91 Å². The summed E-state index contributed by atoms with van der Waals surface area (Å²) in [5.41, 5.74) is 1.12. The van der Waals surface area contributed by atoms with Gasteiger partial charge >= 0.3 is 0 Å². The summed E-state index contributed by atoms with van der Waals surface area (Å²) in [6.45, 7) is 6.03. The van der Waals surface area contributed by atoms with Crippen LogP contribution in [0.1, 0.15) is 37.7 Å². The molecular weight excluding hydrogens is 202 g/mol. The maximum Gasteiger partial charge on any atom is 0.270 e. The van der Waals surface area contributed by atoms with Gasteiger partial charge in [0.05, 0.1) is 0 Å². The molecule has 0 atom stereocenters. The Hall–Kier alpha value is -1.58. The Kier molecular flexibility index (Phi) is 3.88. The molecule has 88 valence electrons. The van der Waals surface area contributed by atoms with Crippen molar-refractivity contribution in [3.05, 3.63) is 24.0 Å². The Morgan fingerprint density at radius 2 is 2.19 bits per heavy atom. The van der Waals surface area contributed by atoms with Gasteiger partial charge < -0.3 is 10.6 Å². The topological polar surface area (TPSA) is 54.0 Å². The van der Waals surface area contributed by atoms with Crippen LogP contribution in [0.2, 0.25) is 0 Å². The van der Waals surface area contributed by atoms with Crippen molar-refractivity contribution in [2.24, 2.45) is 0 Å². The minimum Gasteiger partial charge on any atom is -0.388 e. The maximum atomic E-state index is 11.9. The van der Waals surface area contributed by atoms with Crippen molar-refractivity contribution in [2.75, 3.05) is 12.4 Å². The Labute approximate surface area is 96.5 Å². The van der Waals surface area contributed by atoms with Gasteiger partial charge in [0.15, 0.2) is 0 Å². The van der Waals surface area contributed by atoms with E-state index in [1.54, 1.807) is 12.3 Å². The lowest BCUT2D eigenvalue weighted by Crippen LogP contribution is -2.43. The Morgan fingerprint density at radius 1 is 1.50 bits per heavy atom. The van der Waals surface area contributed by atoms with Crippen molar-refractivity contribution in [1.82, 2.24) is 10.3 Å². The third kappa shape index (κ3) is 3.22. The van der Waals surface area contributed by atoms with E-state index < -0.39 is 0 Å². The van der Waals surface area contributed by atoms with Crippen molar-refractivity contribution < 1.29 is 4.79 Å². The molecule has 0 aliphatic carbocycles. The molecule has 1 rings (SSSR count). The number of nitrogens with one attached hydrogen (secondary N) is 2. The number of aromatic nitrogens is 1. The largest absolute Gasteiger partial charge is 0.388 e. The second-order valence-corrected chi connectivity index (χ2v) is 4.37. The van der Waals surface area contributed by atoms with Gasteiger partial charge in [0.2, 0.25) is 0 Å². The van der Waals surface area contributed by atoms with E-state index in [2.05, 4.69) is 15.6 Å². The highest BCUT2D eigenvalue weighted by molar-refractivity contribution is 5.93. The maximum absolute atomic E-state index is 11.9. The van der Waals surface area contributed by atoms with E-state index >= 15 is 0 Å². The van der Waals surface area contributed by atoms with Crippen LogP contribution in [0.3, 0.4) is 0 Å². The summed E-state index contributed by atoms with van der Waals surface area (Å²) >= 11 is 0. The first kappa shape index (κ1) is 12.5. The molecule has 4 heteroatoms. The third-order valence-corrected chi connectivity index (χ3v) is 2.62. The number of hydrogen-bond acceptors (Lipinski definition) is 3. The van der Waals surface area contributed by atoms with Crippen molar-refractivity contribution in [2.45, 2.75) is 32.7 Å². The number of rotatable bonds is 4. The molecular formula is C12H19N3O. The molecule has 1 aromatic rings. The van der Waals surface area contributed by atoms with Gasteiger partial charge in [-0.15, -0.1) is 0 Å². The summed E-state index contributed by atoms with van der Waals surface area (Å²) < 4.78 is 0. The predicted octanol–water partition coefficient (Wildman–Crippen LogP) is 2.04. The first-order chi connectivity index (χ1) is 7.48. The first-order valence-electron chi connectivity index (χ1n) is 5.45. The Balaban J connectivity index is 2.80. The van der Waals surface area contributed by atoms with E-state index in [4.69, 9.17) is 0 Å². The summed E-state index contributed by atoms with van der Waals surface area (Å²) in [6, 6.07) is 3.56. The molecule has 4 nitrogen and oxygen atoms in total. The van der Waals surface area contributed by atoms with Crippen molar-refractivity contribution in [1.29, 1.82) is 0 Å². The summed E-state index contributed by atoms with van der Waals surface area (Å²) in [7, 11) is 1.81. The molecule has 0 saturated carbocycles. The molecule has 0 fully saturated rings. The summed E-state index contributed by atoms with van der Waals surface area (Å²) in [4.78, 5) is 15.9. The lowest BCUT2D eigenvalue weighted by Gasteiger charge is -2.24. The fraction of sp³-hybridized carbons (Fsp3) is 0.500. The number of carbonyl (C=O) groups excluding carboxylic acids is 1. The van der Waals surface area contributed by atoms with Gasteiger partial charge in [-0.25, -0.2) is 0 Å². The average molecular weight is 221 g/mol. The standard InChI is InChI=1S/C12H19N3O/c1-5-12(2,3)15-11(16)10-8-9(13-4)6-7-14-10/h6-8H,5H2,1-4H3,(H,13,14)(H,15,16). The molecule has 0 bridgehead atoms. The normalized spacial score (nSPS) is 11.0. The summed E-state index contributed by atoms with van der Waals surface area (Å²) in [5.74, 6) is -0.135. The number of hydrogen-bond donors (Lipinski definition) is 2. The second kappa shape index (κ2) is 4.96. The SMILES string of the molecule is CCC(C)(C)NC(=O)c1cc(NC)ccn1. The van der Waals surface area contributed by atoms with Gasteiger partial charge in [-0.1, -0.05) is 6.92 Å². The summed E-state index contributed by atoms with van der Waals surface area (Å²) in [6.07, 6.45) is 2.50. The van der Waals surface area contributed by atoms with Gasteiger partial charge in [-0.2, -0.15) is 0 Å². The molecule has 0 unspecified atom stereocenters. The third-order valence-electron chi connectivity index (χ3n) is 2.62. The number of carbonyl (C=O) groups is 1. The molecule has 1 heterocycles. The smallest absolute Gasteiger partial charge is 0.270 e. The molecule has 0 aliphatic rings. The number of pyridine rings is 1. The minimum absolute atomic E-state index is 0.135. The van der Waals surface area contributed by atoms with Crippen LogP contribution in [0.25, 0.3) is 0 Å². The van der Waals surface area contributed by atoms with Crippen LogP contribution < -0.4 is 10.6 Å². The van der Waals surface area contributed by atoms with Crippen molar-refractivity contribution >= 4 is 11.6 Å². The molecule has 0 aromatic carbocycles. The monoisotopic (exact) mass is 221 g/mol. The van der Waals surface area contributed by atoms with Crippen LogP contribution in [0.4, 0.5) is 5.69 Å². The Morgan fingerprint density at radius 3 is 2.75 bits per heavy atom. The molecule has 16 heavy (non-hydrogen) atoms. The van der Waals surface area contributed by atoms with Crippen molar-refractivity contribution in [3.8, 4) is 0 Å². The number of nitrogens with zero attached hydrogens (tertiary/aromatic N) is 1.